The minimum Gasteiger partial charge on any atom is -0.506 e. The number of nitrogens with one attached hydrogen (secondary N) is 1. The van der Waals surface area contributed by atoms with Gasteiger partial charge in [0.15, 0.2) is 9.84 Å². The maximum Gasteiger partial charge on any atom is 0.225 e. The van der Waals surface area contributed by atoms with Gasteiger partial charge in [0.05, 0.1) is 16.3 Å². The van der Waals surface area contributed by atoms with Gasteiger partial charge in [-0.2, -0.15) is 0 Å². The molecule has 2 aromatic carbocycles. The summed E-state index contributed by atoms with van der Waals surface area (Å²) in [5.41, 5.74) is 1.11. The molecule has 0 aliphatic rings. The molecule has 0 saturated heterocycles. The summed E-state index contributed by atoms with van der Waals surface area (Å²) in [6, 6.07) is 10.6. The topological polar surface area (TPSA) is 83.5 Å². The van der Waals surface area contributed by atoms with E-state index in [1.54, 1.807) is 12.1 Å². The van der Waals surface area contributed by atoms with Crippen LogP contribution in [-0.2, 0) is 14.6 Å². The largest absolute Gasteiger partial charge is 0.506 e. The van der Waals surface area contributed by atoms with Crippen LogP contribution in [-0.4, -0.2) is 25.2 Å². The molecule has 2 aromatic rings. The maximum atomic E-state index is 12.1. The lowest BCUT2D eigenvalue weighted by atomic mass is 10.2. The monoisotopic (exact) mass is 353 g/mol. The second-order valence-corrected chi connectivity index (χ2v) is 7.64. The van der Waals surface area contributed by atoms with Crippen LogP contribution in [0.4, 0.5) is 5.69 Å². The fourth-order valence-corrected chi connectivity index (χ4v) is 3.31. The summed E-state index contributed by atoms with van der Waals surface area (Å²) >= 11 is 5.72. The Bertz CT molecular complexity index is 816. The molecule has 0 unspecified atom stereocenters. The van der Waals surface area contributed by atoms with Crippen molar-refractivity contribution in [2.75, 3.05) is 11.1 Å². The summed E-state index contributed by atoms with van der Waals surface area (Å²) in [6.07, 6.45) is -0.210. The van der Waals surface area contributed by atoms with Crippen LogP contribution in [0.1, 0.15) is 12.0 Å². The molecule has 1 amide bonds. The van der Waals surface area contributed by atoms with Crippen molar-refractivity contribution in [1.29, 1.82) is 0 Å². The van der Waals surface area contributed by atoms with Gasteiger partial charge in [-0.3, -0.25) is 4.79 Å². The lowest BCUT2D eigenvalue weighted by Gasteiger charge is -2.08. The van der Waals surface area contributed by atoms with Crippen LogP contribution in [0, 0.1) is 6.92 Å². The van der Waals surface area contributed by atoms with E-state index >= 15 is 0 Å². The van der Waals surface area contributed by atoms with Crippen molar-refractivity contribution in [1.82, 2.24) is 0 Å². The van der Waals surface area contributed by atoms with Crippen LogP contribution in [0.25, 0.3) is 0 Å². The highest BCUT2D eigenvalue weighted by Gasteiger charge is 2.17. The number of carbonyl (C=O) groups excluding carboxylic acids is 1. The number of rotatable bonds is 5. The van der Waals surface area contributed by atoms with Crippen LogP contribution < -0.4 is 5.32 Å². The van der Waals surface area contributed by atoms with Gasteiger partial charge < -0.3 is 10.4 Å². The van der Waals surface area contributed by atoms with Gasteiger partial charge in [0.25, 0.3) is 0 Å². The first-order valence-electron chi connectivity index (χ1n) is 6.86. The molecule has 2 rings (SSSR count). The smallest absolute Gasteiger partial charge is 0.225 e. The summed E-state index contributed by atoms with van der Waals surface area (Å²) in [4.78, 5) is 12.0. The van der Waals surface area contributed by atoms with E-state index in [1.807, 2.05) is 6.92 Å². The van der Waals surface area contributed by atoms with Gasteiger partial charge in [0, 0.05) is 11.4 Å². The Morgan fingerprint density at radius 1 is 1.17 bits per heavy atom. The molecule has 0 spiro atoms. The molecule has 0 atom stereocenters. The summed E-state index contributed by atoms with van der Waals surface area (Å²) in [5, 5.41) is 12.7. The molecule has 122 valence electrons. The number of anilines is 1. The molecule has 0 saturated carbocycles. The van der Waals surface area contributed by atoms with Gasteiger partial charge in [-0.05, 0) is 48.9 Å². The third-order valence-electron chi connectivity index (χ3n) is 3.20. The third-order valence-corrected chi connectivity index (χ3v) is 5.18. The molecular weight excluding hydrogens is 338 g/mol. The van der Waals surface area contributed by atoms with Crippen molar-refractivity contribution >= 4 is 33.0 Å². The SMILES string of the molecule is Cc1ccc(NC(=O)CCS(=O)(=O)c2ccc(Cl)cc2)c(O)c1. The van der Waals surface area contributed by atoms with Gasteiger partial charge in [-0.1, -0.05) is 17.7 Å². The zero-order valence-electron chi connectivity index (χ0n) is 12.4. The molecular formula is C16H16ClNO4S. The number of aromatic hydroxyl groups is 1. The highest BCUT2D eigenvalue weighted by Crippen LogP contribution is 2.24. The Labute approximate surface area is 139 Å². The van der Waals surface area contributed by atoms with E-state index in [-0.39, 0.29) is 28.5 Å². The van der Waals surface area contributed by atoms with Crippen molar-refractivity contribution in [2.45, 2.75) is 18.2 Å². The number of phenolic OH excluding ortho intramolecular Hbond substituents is 1. The van der Waals surface area contributed by atoms with Gasteiger partial charge >= 0.3 is 0 Å². The average Bonchev–Trinajstić information content (AvgIpc) is 2.49. The molecule has 7 heteroatoms. The first-order chi connectivity index (χ1) is 10.8. The van der Waals surface area contributed by atoms with E-state index in [0.717, 1.165) is 5.56 Å². The van der Waals surface area contributed by atoms with Crippen LogP contribution >= 0.6 is 11.6 Å². The Hall–Kier alpha value is -2.05. The molecule has 2 N–H and O–H groups in total. The van der Waals surface area contributed by atoms with Crippen LogP contribution in [0.2, 0.25) is 5.02 Å². The first kappa shape index (κ1) is 17.3. The van der Waals surface area contributed by atoms with Crippen molar-refractivity contribution in [3.63, 3.8) is 0 Å². The van der Waals surface area contributed by atoms with Gasteiger partial charge in [-0.15, -0.1) is 0 Å². The first-order valence-corrected chi connectivity index (χ1v) is 8.89. The molecule has 0 fully saturated rings. The Kier molecular flexibility index (Phi) is 5.28. The standard InChI is InChI=1S/C16H16ClNO4S/c1-11-2-7-14(15(19)10-11)18-16(20)8-9-23(21,22)13-5-3-12(17)4-6-13/h2-7,10,19H,8-9H2,1H3,(H,18,20). The highest BCUT2D eigenvalue weighted by atomic mass is 35.5. The fraction of sp³-hybridized carbons (Fsp3) is 0.188. The molecule has 0 radical (unpaired) electrons. The van der Waals surface area contributed by atoms with Gasteiger partial charge in [0.1, 0.15) is 5.75 Å². The summed E-state index contributed by atoms with van der Waals surface area (Å²) in [7, 11) is -3.56. The van der Waals surface area contributed by atoms with Crippen molar-refractivity contribution in [3.8, 4) is 5.75 Å². The van der Waals surface area contributed by atoms with Crippen LogP contribution in [0.3, 0.4) is 0 Å². The zero-order valence-corrected chi connectivity index (χ0v) is 14.0. The summed E-state index contributed by atoms with van der Waals surface area (Å²) in [6.45, 7) is 1.81. The fourth-order valence-electron chi connectivity index (χ4n) is 1.95. The highest BCUT2D eigenvalue weighted by molar-refractivity contribution is 7.91. The zero-order chi connectivity index (χ0) is 17.0. The number of phenols is 1. The number of hydrogen-bond acceptors (Lipinski definition) is 4. The summed E-state index contributed by atoms with van der Waals surface area (Å²) < 4.78 is 24.3. The second kappa shape index (κ2) is 7.02. The van der Waals surface area contributed by atoms with Crippen LogP contribution in [0.5, 0.6) is 5.75 Å². The molecule has 0 bridgehead atoms. The lowest BCUT2D eigenvalue weighted by Crippen LogP contribution is -2.17. The van der Waals surface area contributed by atoms with E-state index < -0.39 is 15.7 Å². The third kappa shape index (κ3) is 4.71. The van der Waals surface area contributed by atoms with E-state index in [2.05, 4.69) is 5.32 Å². The van der Waals surface area contributed by atoms with E-state index in [9.17, 15) is 18.3 Å². The minimum atomic E-state index is -3.56. The number of benzene rings is 2. The second-order valence-electron chi connectivity index (χ2n) is 5.09. The van der Waals surface area contributed by atoms with E-state index in [4.69, 9.17) is 11.6 Å². The minimum absolute atomic E-state index is 0.0566. The van der Waals surface area contributed by atoms with Crippen LogP contribution in [0.15, 0.2) is 47.4 Å². The van der Waals surface area contributed by atoms with Crippen molar-refractivity contribution in [3.05, 3.63) is 53.1 Å². The predicted molar refractivity (Wildman–Crippen MR) is 89.6 cm³/mol. The number of hydrogen-bond donors (Lipinski definition) is 2. The quantitative estimate of drug-likeness (QED) is 0.809. The number of amides is 1. The molecule has 0 heterocycles. The Morgan fingerprint density at radius 2 is 1.83 bits per heavy atom. The Balaban J connectivity index is 1.99. The molecule has 5 nitrogen and oxygen atoms in total. The van der Waals surface area contributed by atoms with E-state index in [1.165, 1.54) is 30.3 Å². The summed E-state index contributed by atoms with van der Waals surface area (Å²) in [5.74, 6) is -0.867. The van der Waals surface area contributed by atoms with E-state index in [0.29, 0.717) is 5.02 Å². The predicted octanol–water partition coefficient (Wildman–Crippen LogP) is 3.16. The number of aryl methyl sites for hydroxylation is 1. The number of carbonyl (C=O) groups is 1. The lowest BCUT2D eigenvalue weighted by molar-refractivity contribution is -0.115. The number of sulfone groups is 1. The molecule has 0 aliphatic carbocycles. The van der Waals surface area contributed by atoms with Gasteiger partial charge in [0.2, 0.25) is 5.91 Å². The average molecular weight is 354 g/mol. The maximum absolute atomic E-state index is 12.1. The molecule has 23 heavy (non-hydrogen) atoms. The molecule has 0 aliphatic heterocycles. The van der Waals surface area contributed by atoms with Crippen molar-refractivity contribution < 1.29 is 18.3 Å². The number of halogens is 1. The normalized spacial score (nSPS) is 11.2. The molecule has 0 aromatic heterocycles. The van der Waals surface area contributed by atoms with Crippen molar-refractivity contribution in [2.24, 2.45) is 0 Å². The van der Waals surface area contributed by atoms with Gasteiger partial charge in [-0.25, -0.2) is 8.42 Å². The Morgan fingerprint density at radius 3 is 2.43 bits per heavy atom.